The van der Waals surface area contributed by atoms with Gasteiger partial charge in [-0.3, -0.25) is 0 Å². The van der Waals surface area contributed by atoms with Crippen LogP contribution in [0.1, 0.15) is 5.56 Å². The van der Waals surface area contributed by atoms with Gasteiger partial charge >= 0.3 is 0 Å². The number of ether oxygens (including phenoxy) is 2. The fourth-order valence-electron chi connectivity index (χ4n) is 1.57. The topological polar surface area (TPSA) is 78.6 Å². The highest BCUT2D eigenvalue weighted by molar-refractivity contribution is 7.89. The Bertz CT molecular complexity index is 495. The molecule has 6 heteroatoms. The van der Waals surface area contributed by atoms with E-state index in [1.165, 1.54) is 13.2 Å². The van der Waals surface area contributed by atoms with Crippen molar-refractivity contribution in [2.75, 3.05) is 13.7 Å². The predicted molar refractivity (Wildman–Crippen MR) is 53.6 cm³/mol. The van der Waals surface area contributed by atoms with Crippen molar-refractivity contribution in [1.29, 1.82) is 0 Å². The maximum Gasteiger partial charge on any atom is 0.241 e. The molecule has 0 radical (unpaired) electrons. The maximum absolute atomic E-state index is 11.3. The average Bonchev–Trinajstić information content (AvgIpc) is 2.61. The van der Waals surface area contributed by atoms with Crippen molar-refractivity contribution in [3.8, 4) is 11.5 Å². The molecule has 0 spiro atoms. The normalized spacial score (nSPS) is 14.5. The quantitative estimate of drug-likeness (QED) is 0.790. The van der Waals surface area contributed by atoms with Crippen molar-refractivity contribution >= 4 is 10.0 Å². The Morgan fingerprint density at radius 2 is 2.20 bits per heavy atom. The molecule has 0 unspecified atom stereocenters. The highest BCUT2D eigenvalue weighted by atomic mass is 32.2. The Hall–Kier alpha value is -1.27. The molecule has 0 atom stereocenters. The van der Waals surface area contributed by atoms with Gasteiger partial charge in [-0.05, 0) is 6.07 Å². The van der Waals surface area contributed by atoms with E-state index in [1.807, 2.05) is 0 Å². The molecule has 1 aromatic rings. The lowest BCUT2D eigenvalue weighted by atomic mass is 10.1. The zero-order valence-corrected chi connectivity index (χ0v) is 9.00. The average molecular weight is 229 g/mol. The standard InChI is InChI=1S/C9H11NO4S/c1-13-7-4-6-2-3-14-9(6)8(5-7)15(10,11)12/h4-5H,2-3H2,1H3,(H2,10,11,12). The summed E-state index contributed by atoms with van der Waals surface area (Å²) in [6.45, 7) is 0.477. The molecule has 1 aliphatic rings. The minimum Gasteiger partial charge on any atom is -0.497 e. The van der Waals surface area contributed by atoms with Gasteiger partial charge in [-0.1, -0.05) is 0 Å². The van der Waals surface area contributed by atoms with E-state index in [1.54, 1.807) is 6.07 Å². The van der Waals surface area contributed by atoms with Crippen molar-refractivity contribution in [2.24, 2.45) is 5.14 Å². The molecular formula is C9H11NO4S. The van der Waals surface area contributed by atoms with E-state index in [0.29, 0.717) is 24.5 Å². The summed E-state index contributed by atoms with van der Waals surface area (Å²) in [6, 6.07) is 3.14. The second kappa shape index (κ2) is 3.39. The minimum absolute atomic E-state index is 0.00523. The summed E-state index contributed by atoms with van der Waals surface area (Å²) in [5, 5.41) is 5.09. The number of fused-ring (bicyclic) bond motifs is 1. The third-order valence-electron chi connectivity index (χ3n) is 2.27. The molecule has 1 heterocycles. The number of hydrogen-bond acceptors (Lipinski definition) is 4. The molecule has 1 aliphatic heterocycles. The number of methoxy groups -OCH3 is 1. The first-order valence-electron chi connectivity index (χ1n) is 4.39. The van der Waals surface area contributed by atoms with Crippen LogP contribution in [0.3, 0.4) is 0 Å². The van der Waals surface area contributed by atoms with Crippen LogP contribution in [0.4, 0.5) is 0 Å². The molecule has 0 saturated carbocycles. The van der Waals surface area contributed by atoms with Crippen molar-refractivity contribution in [2.45, 2.75) is 11.3 Å². The molecule has 5 nitrogen and oxygen atoms in total. The Kier molecular flexibility index (Phi) is 2.32. The van der Waals surface area contributed by atoms with Crippen LogP contribution in [0.15, 0.2) is 17.0 Å². The summed E-state index contributed by atoms with van der Waals surface area (Å²) >= 11 is 0. The van der Waals surface area contributed by atoms with Gasteiger partial charge in [0.25, 0.3) is 0 Å². The molecular weight excluding hydrogens is 218 g/mol. The van der Waals surface area contributed by atoms with E-state index in [9.17, 15) is 8.42 Å². The summed E-state index contributed by atoms with van der Waals surface area (Å²) in [7, 11) is -2.29. The van der Waals surface area contributed by atoms with E-state index >= 15 is 0 Å². The molecule has 82 valence electrons. The van der Waals surface area contributed by atoms with E-state index in [-0.39, 0.29) is 4.90 Å². The first-order chi connectivity index (χ1) is 7.02. The fraction of sp³-hybridized carbons (Fsp3) is 0.333. The van der Waals surface area contributed by atoms with Crippen molar-refractivity contribution in [3.63, 3.8) is 0 Å². The molecule has 0 amide bonds. The Morgan fingerprint density at radius 1 is 1.47 bits per heavy atom. The van der Waals surface area contributed by atoms with Gasteiger partial charge in [0.1, 0.15) is 16.4 Å². The third kappa shape index (κ3) is 1.78. The highest BCUT2D eigenvalue weighted by Gasteiger charge is 2.24. The van der Waals surface area contributed by atoms with Gasteiger partial charge in [0.05, 0.1) is 13.7 Å². The van der Waals surface area contributed by atoms with E-state index < -0.39 is 10.0 Å². The SMILES string of the molecule is COc1cc2c(c(S(N)(=O)=O)c1)OCC2. The summed E-state index contributed by atoms with van der Waals surface area (Å²) in [5.74, 6) is 0.835. The first kappa shape index (κ1) is 10.3. The molecule has 0 aromatic heterocycles. The number of sulfonamides is 1. The van der Waals surface area contributed by atoms with Gasteiger partial charge in [-0.25, -0.2) is 13.6 Å². The van der Waals surface area contributed by atoms with Crippen LogP contribution in [0.25, 0.3) is 0 Å². The highest BCUT2D eigenvalue weighted by Crippen LogP contribution is 2.35. The van der Waals surface area contributed by atoms with Crippen LogP contribution in [0.5, 0.6) is 11.5 Å². The summed E-state index contributed by atoms with van der Waals surface area (Å²) in [6.07, 6.45) is 0.676. The zero-order chi connectivity index (χ0) is 11.1. The molecule has 0 aliphatic carbocycles. The summed E-state index contributed by atoms with van der Waals surface area (Å²) in [4.78, 5) is -0.00523. The van der Waals surface area contributed by atoms with Crippen LogP contribution in [0.2, 0.25) is 0 Å². The smallest absolute Gasteiger partial charge is 0.241 e. The summed E-state index contributed by atoms with van der Waals surface area (Å²) < 4.78 is 32.8. The van der Waals surface area contributed by atoms with Crippen LogP contribution in [-0.4, -0.2) is 22.1 Å². The van der Waals surface area contributed by atoms with Gasteiger partial charge in [0, 0.05) is 18.1 Å². The lowest BCUT2D eigenvalue weighted by molar-refractivity contribution is 0.347. The molecule has 1 aromatic carbocycles. The third-order valence-corrected chi connectivity index (χ3v) is 3.18. The largest absolute Gasteiger partial charge is 0.497 e. The molecule has 2 rings (SSSR count). The maximum atomic E-state index is 11.3. The predicted octanol–water partition coefficient (Wildman–Crippen LogP) is 0.278. The van der Waals surface area contributed by atoms with Crippen molar-refractivity contribution < 1.29 is 17.9 Å². The second-order valence-electron chi connectivity index (χ2n) is 3.26. The number of primary sulfonamides is 1. The zero-order valence-electron chi connectivity index (χ0n) is 8.19. The van der Waals surface area contributed by atoms with E-state index in [0.717, 1.165) is 5.56 Å². The minimum atomic E-state index is -3.77. The number of benzene rings is 1. The number of nitrogens with two attached hydrogens (primary N) is 1. The van der Waals surface area contributed by atoms with Gasteiger partial charge < -0.3 is 9.47 Å². The van der Waals surface area contributed by atoms with Gasteiger partial charge in [-0.2, -0.15) is 0 Å². The lowest BCUT2D eigenvalue weighted by Crippen LogP contribution is -2.13. The summed E-state index contributed by atoms with van der Waals surface area (Å²) in [5.41, 5.74) is 0.818. The van der Waals surface area contributed by atoms with Crippen molar-refractivity contribution in [1.82, 2.24) is 0 Å². The molecule has 0 saturated heterocycles. The Labute approximate surface area is 87.8 Å². The Morgan fingerprint density at radius 3 is 2.80 bits per heavy atom. The fourth-order valence-corrected chi connectivity index (χ4v) is 2.30. The van der Waals surface area contributed by atoms with Gasteiger partial charge in [-0.15, -0.1) is 0 Å². The van der Waals surface area contributed by atoms with Crippen LogP contribution in [0, 0.1) is 0 Å². The van der Waals surface area contributed by atoms with Crippen LogP contribution >= 0.6 is 0 Å². The molecule has 2 N–H and O–H groups in total. The molecule has 15 heavy (non-hydrogen) atoms. The van der Waals surface area contributed by atoms with Crippen molar-refractivity contribution in [3.05, 3.63) is 17.7 Å². The molecule has 0 fully saturated rings. The van der Waals surface area contributed by atoms with E-state index in [2.05, 4.69) is 0 Å². The van der Waals surface area contributed by atoms with Gasteiger partial charge in [0.2, 0.25) is 10.0 Å². The van der Waals surface area contributed by atoms with Crippen LogP contribution in [-0.2, 0) is 16.4 Å². The second-order valence-corrected chi connectivity index (χ2v) is 4.79. The Balaban J connectivity index is 2.68. The first-order valence-corrected chi connectivity index (χ1v) is 5.93. The van der Waals surface area contributed by atoms with Gasteiger partial charge in [0.15, 0.2) is 0 Å². The van der Waals surface area contributed by atoms with E-state index in [4.69, 9.17) is 14.6 Å². The lowest BCUT2D eigenvalue weighted by Gasteiger charge is -2.08. The van der Waals surface area contributed by atoms with Crippen LogP contribution < -0.4 is 14.6 Å². The monoisotopic (exact) mass is 229 g/mol. The number of hydrogen-bond donors (Lipinski definition) is 1. The number of rotatable bonds is 2. The molecule has 0 bridgehead atoms.